The van der Waals surface area contributed by atoms with Gasteiger partial charge in [-0.3, -0.25) is 0 Å². The smallest absolute Gasteiger partial charge is 0.122 e. The zero-order valence-corrected chi connectivity index (χ0v) is 13.9. The monoisotopic (exact) mass is 316 g/mol. The van der Waals surface area contributed by atoms with E-state index in [0.29, 0.717) is 12.0 Å². The number of fused-ring (bicyclic) bond motifs is 3. The molecule has 0 radical (unpaired) electrons. The number of hydrogen-bond donors (Lipinski definition) is 1. The summed E-state index contributed by atoms with van der Waals surface area (Å²) in [5.41, 5.74) is 2.99. The summed E-state index contributed by atoms with van der Waals surface area (Å²) in [7, 11) is 1.80. The van der Waals surface area contributed by atoms with Gasteiger partial charge in [0.15, 0.2) is 0 Å². The standard InChI is InChI=1S/C18H24N2OS/c1-21-17-4-2-3-15-14(17)6-5-13-11-19-16(18(13)15)7-8-20-9-10-22-12-20/h2-4,9-10,13,16,18-19H,5-8,11-12H2,1H3/t13-,16?,18+/m0/s1. The Hall–Kier alpha value is -1.13. The van der Waals surface area contributed by atoms with E-state index < -0.39 is 0 Å². The Labute approximate surface area is 137 Å². The van der Waals surface area contributed by atoms with Gasteiger partial charge in [0.2, 0.25) is 0 Å². The average Bonchev–Trinajstić information content (AvgIpc) is 3.21. The Morgan fingerprint density at radius 1 is 1.41 bits per heavy atom. The SMILES string of the molecule is COc1cccc2c1CC[C@H]1CNC(CCN3C=CSC3)[C@@H]21. The van der Waals surface area contributed by atoms with Gasteiger partial charge in [-0.25, -0.2) is 0 Å². The van der Waals surface area contributed by atoms with Crippen molar-refractivity contribution in [1.29, 1.82) is 0 Å². The van der Waals surface area contributed by atoms with Crippen molar-refractivity contribution in [1.82, 2.24) is 10.2 Å². The summed E-state index contributed by atoms with van der Waals surface area (Å²) in [4.78, 5) is 2.43. The highest BCUT2D eigenvalue weighted by Gasteiger charge is 2.40. The lowest BCUT2D eigenvalue weighted by Crippen LogP contribution is -2.31. The third-order valence-electron chi connectivity index (χ3n) is 5.43. The van der Waals surface area contributed by atoms with Gasteiger partial charge in [0.05, 0.1) is 13.0 Å². The van der Waals surface area contributed by atoms with E-state index >= 15 is 0 Å². The second kappa shape index (κ2) is 6.17. The summed E-state index contributed by atoms with van der Waals surface area (Å²) in [6, 6.07) is 7.22. The van der Waals surface area contributed by atoms with Gasteiger partial charge < -0.3 is 15.0 Å². The average molecular weight is 316 g/mol. The van der Waals surface area contributed by atoms with Crippen LogP contribution in [0.15, 0.2) is 29.8 Å². The fourth-order valence-corrected chi connectivity index (χ4v) is 5.11. The van der Waals surface area contributed by atoms with Gasteiger partial charge in [-0.05, 0) is 54.3 Å². The lowest BCUT2D eigenvalue weighted by molar-refractivity contribution is 0.353. The van der Waals surface area contributed by atoms with Crippen LogP contribution in [0.4, 0.5) is 0 Å². The first-order valence-corrected chi connectivity index (χ1v) is 9.33. The van der Waals surface area contributed by atoms with Crippen LogP contribution in [-0.2, 0) is 6.42 Å². The number of ether oxygens (including phenoxy) is 1. The zero-order chi connectivity index (χ0) is 14.9. The van der Waals surface area contributed by atoms with Crippen molar-refractivity contribution in [3.8, 4) is 5.75 Å². The third kappa shape index (κ3) is 2.52. The quantitative estimate of drug-likeness (QED) is 0.922. The molecule has 1 aliphatic carbocycles. The summed E-state index contributed by atoms with van der Waals surface area (Å²) in [5, 5.41) is 6.00. The molecule has 118 valence electrons. The van der Waals surface area contributed by atoms with Crippen molar-refractivity contribution in [2.75, 3.05) is 26.1 Å². The van der Waals surface area contributed by atoms with Crippen LogP contribution in [0.2, 0.25) is 0 Å². The van der Waals surface area contributed by atoms with Gasteiger partial charge in [-0.15, -0.1) is 11.8 Å². The summed E-state index contributed by atoms with van der Waals surface area (Å²) in [6.07, 6.45) is 5.92. The Kier molecular flexibility index (Phi) is 4.05. The van der Waals surface area contributed by atoms with Crippen LogP contribution in [0.1, 0.15) is 29.9 Å². The summed E-state index contributed by atoms with van der Waals surface area (Å²) in [6.45, 7) is 2.33. The molecule has 1 fully saturated rings. The first-order valence-electron chi connectivity index (χ1n) is 8.28. The van der Waals surface area contributed by atoms with Crippen molar-refractivity contribution in [3.05, 3.63) is 40.9 Å². The van der Waals surface area contributed by atoms with Crippen molar-refractivity contribution in [2.45, 2.75) is 31.2 Å². The maximum Gasteiger partial charge on any atom is 0.122 e. The van der Waals surface area contributed by atoms with E-state index in [2.05, 4.69) is 40.0 Å². The minimum absolute atomic E-state index is 0.607. The number of nitrogens with zero attached hydrogens (tertiary/aromatic N) is 1. The summed E-state index contributed by atoms with van der Waals surface area (Å²) in [5.74, 6) is 3.66. The van der Waals surface area contributed by atoms with E-state index in [0.717, 1.165) is 24.1 Å². The van der Waals surface area contributed by atoms with E-state index in [1.54, 1.807) is 7.11 Å². The molecule has 2 aliphatic heterocycles. The maximum atomic E-state index is 5.60. The van der Waals surface area contributed by atoms with Crippen LogP contribution in [0, 0.1) is 5.92 Å². The van der Waals surface area contributed by atoms with Gasteiger partial charge in [0.1, 0.15) is 5.75 Å². The van der Waals surface area contributed by atoms with Crippen LogP contribution in [0.25, 0.3) is 0 Å². The zero-order valence-electron chi connectivity index (χ0n) is 13.1. The van der Waals surface area contributed by atoms with E-state index in [4.69, 9.17) is 4.74 Å². The predicted molar refractivity (Wildman–Crippen MR) is 92.3 cm³/mol. The van der Waals surface area contributed by atoms with Crippen molar-refractivity contribution < 1.29 is 4.74 Å². The summed E-state index contributed by atoms with van der Waals surface area (Å²) >= 11 is 1.89. The van der Waals surface area contributed by atoms with Gasteiger partial charge >= 0.3 is 0 Å². The molecule has 22 heavy (non-hydrogen) atoms. The van der Waals surface area contributed by atoms with Crippen LogP contribution in [0.3, 0.4) is 0 Å². The second-order valence-electron chi connectivity index (χ2n) is 6.55. The number of rotatable bonds is 4. The molecule has 1 unspecified atom stereocenters. The topological polar surface area (TPSA) is 24.5 Å². The van der Waals surface area contributed by atoms with Gasteiger partial charge in [-0.1, -0.05) is 12.1 Å². The van der Waals surface area contributed by atoms with Crippen LogP contribution in [0.5, 0.6) is 5.75 Å². The molecule has 1 saturated heterocycles. The molecule has 1 aromatic rings. The molecule has 2 heterocycles. The molecular weight excluding hydrogens is 292 g/mol. The third-order valence-corrected chi connectivity index (χ3v) is 6.23. The highest BCUT2D eigenvalue weighted by molar-refractivity contribution is 8.02. The molecule has 1 N–H and O–H groups in total. The minimum atomic E-state index is 0.607. The number of methoxy groups -OCH3 is 1. The largest absolute Gasteiger partial charge is 0.496 e. The van der Waals surface area contributed by atoms with Gasteiger partial charge in [0, 0.05) is 24.7 Å². The van der Waals surface area contributed by atoms with E-state index in [-0.39, 0.29) is 0 Å². The minimum Gasteiger partial charge on any atom is -0.496 e. The van der Waals surface area contributed by atoms with Crippen LogP contribution < -0.4 is 10.1 Å². The molecule has 3 aliphatic rings. The first-order chi connectivity index (χ1) is 10.9. The molecular formula is C18H24N2OS. The molecule has 0 amide bonds. The predicted octanol–water partition coefficient (Wildman–Crippen LogP) is 3.18. The number of benzene rings is 1. The van der Waals surface area contributed by atoms with Gasteiger partial charge in [-0.2, -0.15) is 0 Å². The Balaban J connectivity index is 1.54. The fourth-order valence-electron chi connectivity index (χ4n) is 4.36. The molecule has 3 atom stereocenters. The summed E-state index contributed by atoms with van der Waals surface area (Å²) < 4.78 is 5.60. The lowest BCUT2D eigenvalue weighted by Gasteiger charge is -2.32. The number of nitrogens with one attached hydrogen (secondary N) is 1. The maximum absolute atomic E-state index is 5.60. The highest BCUT2D eigenvalue weighted by atomic mass is 32.2. The lowest BCUT2D eigenvalue weighted by atomic mass is 9.73. The molecule has 0 bridgehead atoms. The fraction of sp³-hybridized carbons (Fsp3) is 0.556. The molecule has 3 nitrogen and oxygen atoms in total. The van der Waals surface area contributed by atoms with Crippen LogP contribution >= 0.6 is 11.8 Å². The number of thioether (sulfide) groups is 1. The van der Waals surface area contributed by atoms with E-state index in [1.165, 1.54) is 36.9 Å². The normalized spacial score (nSPS) is 29.5. The molecule has 0 spiro atoms. The number of hydrogen-bond acceptors (Lipinski definition) is 4. The van der Waals surface area contributed by atoms with Crippen molar-refractivity contribution in [2.24, 2.45) is 5.92 Å². The van der Waals surface area contributed by atoms with E-state index in [1.807, 2.05) is 11.8 Å². The molecule has 4 rings (SSSR count). The second-order valence-corrected chi connectivity index (χ2v) is 7.41. The van der Waals surface area contributed by atoms with Crippen molar-refractivity contribution >= 4 is 11.8 Å². The Morgan fingerprint density at radius 3 is 3.18 bits per heavy atom. The molecule has 0 aromatic heterocycles. The van der Waals surface area contributed by atoms with Crippen LogP contribution in [-0.4, -0.2) is 37.0 Å². The highest BCUT2D eigenvalue weighted by Crippen LogP contribution is 2.45. The Bertz CT molecular complexity index is 574. The van der Waals surface area contributed by atoms with Gasteiger partial charge in [0.25, 0.3) is 0 Å². The molecule has 0 saturated carbocycles. The molecule has 4 heteroatoms. The first kappa shape index (κ1) is 14.5. The van der Waals surface area contributed by atoms with E-state index in [9.17, 15) is 0 Å². The molecule has 1 aromatic carbocycles. The Morgan fingerprint density at radius 2 is 2.36 bits per heavy atom. The van der Waals surface area contributed by atoms with Crippen molar-refractivity contribution in [3.63, 3.8) is 0 Å².